The number of urea groups is 1. The highest BCUT2D eigenvalue weighted by atomic mass is 32.1. The summed E-state index contributed by atoms with van der Waals surface area (Å²) in [7, 11) is 1.35. The molecule has 7 heteroatoms. The van der Waals surface area contributed by atoms with Gasteiger partial charge in [0, 0.05) is 22.3 Å². The van der Waals surface area contributed by atoms with E-state index in [-0.39, 0.29) is 6.03 Å². The highest BCUT2D eigenvalue weighted by Gasteiger charge is 2.21. The summed E-state index contributed by atoms with van der Waals surface area (Å²) < 4.78 is 11.5. The van der Waals surface area contributed by atoms with Crippen LogP contribution >= 0.6 is 11.3 Å². The average Bonchev–Trinajstić information content (AvgIpc) is 2.95. The van der Waals surface area contributed by atoms with Crippen LogP contribution in [0.5, 0.6) is 5.75 Å². The molecule has 0 aliphatic carbocycles. The van der Waals surface area contributed by atoms with Gasteiger partial charge in [0.05, 0.1) is 13.7 Å². The average molecular weight is 350 g/mol. The first-order valence-corrected chi connectivity index (χ1v) is 8.74. The van der Waals surface area contributed by atoms with Crippen molar-refractivity contribution in [2.24, 2.45) is 0 Å². The van der Waals surface area contributed by atoms with E-state index >= 15 is 0 Å². The van der Waals surface area contributed by atoms with Gasteiger partial charge in [0.2, 0.25) is 0 Å². The lowest BCUT2D eigenvalue weighted by Gasteiger charge is -2.08. The molecule has 0 atom stereocenters. The summed E-state index contributed by atoms with van der Waals surface area (Å²) in [4.78, 5) is 24.2. The van der Waals surface area contributed by atoms with Crippen molar-refractivity contribution in [3.63, 3.8) is 0 Å². The number of ether oxygens (including phenoxy) is 2. The number of benzene rings is 1. The molecule has 0 radical (unpaired) electrons. The van der Waals surface area contributed by atoms with E-state index in [9.17, 15) is 9.59 Å². The van der Waals surface area contributed by atoms with Crippen LogP contribution in [0.4, 0.5) is 10.5 Å². The van der Waals surface area contributed by atoms with Crippen molar-refractivity contribution in [1.29, 1.82) is 0 Å². The van der Waals surface area contributed by atoms with Gasteiger partial charge in [0.15, 0.2) is 10.6 Å². The largest absolute Gasteiger partial charge is 0.491 e. The van der Waals surface area contributed by atoms with E-state index in [4.69, 9.17) is 9.47 Å². The summed E-state index contributed by atoms with van der Waals surface area (Å²) in [6.07, 6.45) is 1.70. The predicted molar refractivity (Wildman–Crippen MR) is 96.3 cm³/mol. The summed E-state index contributed by atoms with van der Waals surface area (Å²) >= 11 is 1.32. The molecule has 2 N–H and O–H groups in total. The second-order valence-electron chi connectivity index (χ2n) is 5.19. The molecule has 1 heterocycles. The van der Waals surface area contributed by atoms with Crippen LogP contribution in [-0.2, 0) is 4.74 Å². The topological polar surface area (TPSA) is 76.7 Å². The third-order valence-corrected chi connectivity index (χ3v) is 4.39. The Morgan fingerprint density at radius 3 is 2.67 bits per heavy atom. The lowest BCUT2D eigenvalue weighted by molar-refractivity contribution is 0.0602. The third kappa shape index (κ3) is 4.17. The second-order valence-corrected chi connectivity index (χ2v) is 6.24. The van der Waals surface area contributed by atoms with Crippen LogP contribution in [0.2, 0.25) is 0 Å². The quantitative estimate of drug-likeness (QED) is 0.740. The highest BCUT2D eigenvalue weighted by molar-refractivity contribution is 7.21. The molecule has 2 amide bonds. The van der Waals surface area contributed by atoms with E-state index < -0.39 is 5.97 Å². The number of carbonyl (C=O) groups excluding carboxylic acids is 2. The Kier molecular flexibility index (Phi) is 6.43. The second kappa shape index (κ2) is 8.54. The van der Waals surface area contributed by atoms with Crippen LogP contribution in [0.25, 0.3) is 10.1 Å². The fraction of sp³-hybridized carbons (Fsp3) is 0.412. The molecule has 0 saturated heterocycles. The Bertz CT molecular complexity index is 727. The van der Waals surface area contributed by atoms with E-state index in [1.165, 1.54) is 18.4 Å². The molecule has 6 nitrogen and oxygen atoms in total. The number of amides is 2. The van der Waals surface area contributed by atoms with E-state index in [1.807, 2.05) is 26.0 Å². The minimum Gasteiger partial charge on any atom is -0.491 e. The zero-order valence-electron chi connectivity index (χ0n) is 14.1. The van der Waals surface area contributed by atoms with Crippen molar-refractivity contribution < 1.29 is 19.1 Å². The molecule has 1 aromatic heterocycles. The molecule has 0 unspecified atom stereocenters. The molecule has 0 bridgehead atoms. The van der Waals surface area contributed by atoms with Crippen molar-refractivity contribution >= 4 is 39.1 Å². The van der Waals surface area contributed by atoms with Crippen LogP contribution < -0.4 is 15.4 Å². The number of thiophene rings is 1. The smallest absolute Gasteiger partial charge is 0.351 e. The van der Waals surface area contributed by atoms with Gasteiger partial charge in [-0.3, -0.25) is 0 Å². The number of esters is 1. The number of nitrogens with one attached hydrogen (secondary N) is 2. The number of hydrogen-bond acceptors (Lipinski definition) is 5. The van der Waals surface area contributed by atoms with Gasteiger partial charge in [0.25, 0.3) is 0 Å². The number of hydrogen-bond donors (Lipinski definition) is 2. The monoisotopic (exact) mass is 350 g/mol. The van der Waals surface area contributed by atoms with Crippen molar-refractivity contribution in [3.8, 4) is 5.75 Å². The van der Waals surface area contributed by atoms with Crippen molar-refractivity contribution in [2.75, 3.05) is 25.6 Å². The lowest BCUT2D eigenvalue weighted by Crippen LogP contribution is -2.29. The Hall–Kier alpha value is -2.28. The zero-order chi connectivity index (χ0) is 17.5. The predicted octanol–water partition coefficient (Wildman–Crippen LogP) is 4.01. The van der Waals surface area contributed by atoms with Crippen molar-refractivity contribution in [3.05, 3.63) is 23.1 Å². The summed E-state index contributed by atoms with van der Waals surface area (Å²) in [6, 6.07) is 5.22. The summed E-state index contributed by atoms with van der Waals surface area (Å²) in [6.45, 7) is 5.11. The molecule has 0 fully saturated rings. The Morgan fingerprint density at radius 1 is 1.21 bits per heavy atom. The minimum atomic E-state index is -0.419. The van der Waals surface area contributed by atoms with Crippen molar-refractivity contribution in [1.82, 2.24) is 5.32 Å². The summed E-state index contributed by atoms with van der Waals surface area (Å²) in [5, 5.41) is 6.34. The standard InChI is InChI=1S/C17H22N2O4S/c1-4-8-18-17(21)19-11-6-7-13-12(10-11)14(23-9-5-2)15(24-13)16(20)22-3/h6-7,10H,4-5,8-9H2,1-3H3,(H2,18,19,21). The van der Waals surface area contributed by atoms with Crippen LogP contribution in [0.1, 0.15) is 36.4 Å². The molecule has 0 saturated carbocycles. The van der Waals surface area contributed by atoms with Gasteiger partial charge in [-0.15, -0.1) is 11.3 Å². The lowest BCUT2D eigenvalue weighted by atomic mass is 10.2. The zero-order valence-corrected chi connectivity index (χ0v) is 14.9. The third-order valence-electron chi connectivity index (χ3n) is 3.26. The summed E-state index contributed by atoms with van der Waals surface area (Å²) in [5.41, 5.74) is 0.645. The van der Waals surface area contributed by atoms with Crippen LogP contribution in [0, 0.1) is 0 Å². The van der Waals surface area contributed by atoms with Gasteiger partial charge < -0.3 is 20.1 Å². The van der Waals surface area contributed by atoms with Gasteiger partial charge in [-0.25, -0.2) is 9.59 Å². The number of fused-ring (bicyclic) bond motifs is 1. The van der Waals surface area contributed by atoms with Gasteiger partial charge in [-0.1, -0.05) is 13.8 Å². The van der Waals surface area contributed by atoms with Gasteiger partial charge in [-0.2, -0.15) is 0 Å². The molecule has 0 aliphatic heterocycles. The maximum atomic E-state index is 12.0. The first-order chi connectivity index (χ1) is 11.6. The van der Waals surface area contributed by atoms with E-state index in [0.717, 1.165) is 22.9 Å². The molecule has 2 aromatic rings. The van der Waals surface area contributed by atoms with Crippen LogP contribution in [-0.4, -0.2) is 32.3 Å². The first kappa shape index (κ1) is 18.1. The maximum Gasteiger partial charge on any atom is 0.351 e. The summed E-state index contributed by atoms with van der Waals surface area (Å²) in [5.74, 6) is 0.0961. The SMILES string of the molecule is CCCNC(=O)Nc1ccc2sc(C(=O)OC)c(OCCC)c2c1. The van der Waals surface area contributed by atoms with Gasteiger partial charge in [-0.05, 0) is 31.0 Å². The van der Waals surface area contributed by atoms with E-state index in [1.54, 1.807) is 6.07 Å². The maximum absolute atomic E-state index is 12.0. The molecule has 130 valence electrons. The van der Waals surface area contributed by atoms with Crippen molar-refractivity contribution in [2.45, 2.75) is 26.7 Å². The molecular weight excluding hydrogens is 328 g/mol. The fourth-order valence-corrected chi connectivity index (χ4v) is 3.19. The molecular formula is C17H22N2O4S. The molecule has 24 heavy (non-hydrogen) atoms. The van der Waals surface area contributed by atoms with E-state index in [2.05, 4.69) is 10.6 Å². The molecule has 0 spiro atoms. The van der Waals surface area contributed by atoms with Crippen LogP contribution in [0.15, 0.2) is 18.2 Å². The number of carbonyl (C=O) groups is 2. The van der Waals surface area contributed by atoms with Gasteiger partial charge in [0.1, 0.15) is 0 Å². The Morgan fingerprint density at radius 2 is 2.00 bits per heavy atom. The number of methoxy groups -OCH3 is 1. The molecule has 0 aliphatic rings. The first-order valence-electron chi connectivity index (χ1n) is 7.93. The number of rotatable bonds is 7. The van der Waals surface area contributed by atoms with E-state index in [0.29, 0.717) is 29.5 Å². The fourth-order valence-electron chi connectivity index (χ4n) is 2.14. The Labute approximate surface area is 145 Å². The van der Waals surface area contributed by atoms with Crippen LogP contribution in [0.3, 0.4) is 0 Å². The molecule has 1 aromatic carbocycles. The highest BCUT2D eigenvalue weighted by Crippen LogP contribution is 2.39. The number of anilines is 1. The normalized spacial score (nSPS) is 10.5. The molecule has 2 rings (SSSR count). The van der Waals surface area contributed by atoms with Gasteiger partial charge >= 0.3 is 12.0 Å². The Balaban J connectivity index is 2.34. The minimum absolute atomic E-state index is 0.254.